The quantitative estimate of drug-likeness (QED) is 0.927. The molecule has 1 fully saturated rings. The topological polar surface area (TPSA) is 43.8 Å². The molecule has 1 atom stereocenters. The number of hydrogen-bond donors (Lipinski definition) is 1. The van der Waals surface area contributed by atoms with E-state index in [9.17, 15) is 9.90 Å². The van der Waals surface area contributed by atoms with Gasteiger partial charge in [0.15, 0.2) is 0 Å². The highest BCUT2D eigenvalue weighted by Gasteiger charge is 2.26. The lowest BCUT2D eigenvalue weighted by Gasteiger charge is -2.37. The van der Waals surface area contributed by atoms with E-state index in [4.69, 9.17) is 11.6 Å². The number of piperazine rings is 1. The lowest BCUT2D eigenvalue weighted by Crippen LogP contribution is -2.46. The van der Waals surface area contributed by atoms with Crippen LogP contribution >= 0.6 is 11.6 Å². The van der Waals surface area contributed by atoms with Crippen molar-refractivity contribution in [3.63, 3.8) is 0 Å². The number of carbonyl (C=O) groups is 1. The summed E-state index contributed by atoms with van der Waals surface area (Å²) in [6, 6.07) is 5.76. The number of likely N-dealkylation sites (N-methyl/N-ethyl adjacent to an activating group) is 1. The van der Waals surface area contributed by atoms with Gasteiger partial charge in [-0.25, -0.2) is 0 Å². The Labute approximate surface area is 124 Å². The molecule has 1 N–H and O–H groups in total. The molecule has 1 saturated heterocycles. The Morgan fingerprint density at radius 2 is 2.00 bits per heavy atom. The molecule has 110 valence electrons. The summed E-state index contributed by atoms with van der Waals surface area (Å²) in [5, 5.41) is 9.88. The summed E-state index contributed by atoms with van der Waals surface area (Å²) >= 11 is 6.18. The summed E-state index contributed by atoms with van der Waals surface area (Å²) in [4.78, 5) is 15.7. The number of carboxylic acids is 1. The molecule has 0 amide bonds. The van der Waals surface area contributed by atoms with E-state index in [2.05, 4.69) is 16.8 Å². The minimum Gasteiger partial charge on any atom is -0.481 e. The van der Waals surface area contributed by atoms with Crippen LogP contribution in [0.1, 0.15) is 23.6 Å². The second-order valence-corrected chi connectivity index (χ2v) is 5.87. The van der Waals surface area contributed by atoms with Crippen molar-refractivity contribution in [1.29, 1.82) is 0 Å². The molecule has 1 aliphatic heterocycles. The maximum absolute atomic E-state index is 11.2. The molecule has 1 aliphatic rings. The average Bonchev–Trinajstić information content (AvgIpc) is 2.40. The second kappa shape index (κ2) is 6.57. The first kappa shape index (κ1) is 15.3. The van der Waals surface area contributed by atoms with Crippen molar-refractivity contribution in [2.24, 2.45) is 0 Å². The van der Waals surface area contributed by atoms with Crippen LogP contribution in [0.15, 0.2) is 18.2 Å². The molecule has 1 heterocycles. The molecule has 0 aliphatic carbocycles. The van der Waals surface area contributed by atoms with Gasteiger partial charge in [0.05, 0.1) is 6.42 Å². The van der Waals surface area contributed by atoms with Gasteiger partial charge < -0.3 is 10.0 Å². The lowest BCUT2D eigenvalue weighted by atomic mass is 10.00. The standard InChI is InChI=1S/C15H21ClN2O2/c1-11-3-4-12(9-13(11)16)14(10-15(19)20)18-7-5-17(2)6-8-18/h3-4,9,14H,5-8,10H2,1-2H3,(H,19,20). The van der Waals surface area contributed by atoms with Crippen molar-refractivity contribution in [1.82, 2.24) is 9.80 Å². The molecule has 0 bridgehead atoms. The normalized spacial score (nSPS) is 18.9. The molecular weight excluding hydrogens is 276 g/mol. The Morgan fingerprint density at radius 3 is 2.55 bits per heavy atom. The van der Waals surface area contributed by atoms with Gasteiger partial charge >= 0.3 is 5.97 Å². The third-order valence-corrected chi connectivity index (χ3v) is 4.33. The van der Waals surface area contributed by atoms with Crippen molar-refractivity contribution < 1.29 is 9.90 Å². The molecule has 0 spiro atoms. The molecular formula is C15H21ClN2O2. The Morgan fingerprint density at radius 1 is 1.35 bits per heavy atom. The van der Waals surface area contributed by atoms with E-state index in [-0.39, 0.29) is 12.5 Å². The van der Waals surface area contributed by atoms with Gasteiger partial charge in [-0.1, -0.05) is 23.7 Å². The van der Waals surface area contributed by atoms with E-state index in [0.29, 0.717) is 5.02 Å². The van der Waals surface area contributed by atoms with Crippen molar-refractivity contribution in [2.45, 2.75) is 19.4 Å². The van der Waals surface area contributed by atoms with Crippen molar-refractivity contribution in [3.8, 4) is 0 Å². The van der Waals surface area contributed by atoms with Crippen LogP contribution in [0.2, 0.25) is 5.02 Å². The van der Waals surface area contributed by atoms with E-state index in [1.54, 1.807) is 0 Å². The fraction of sp³-hybridized carbons (Fsp3) is 0.533. The van der Waals surface area contributed by atoms with Crippen molar-refractivity contribution in [3.05, 3.63) is 34.3 Å². The summed E-state index contributed by atoms with van der Waals surface area (Å²) < 4.78 is 0. The number of hydrogen-bond acceptors (Lipinski definition) is 3. The summed E-state index contributed by atoms with van der Waals surface area (Å²) in [6.07, 6.45) is 0.114. The Kier molecular flexibility index (Phi) is 5.02. The Balaban J connectivity index is 2.22. The van der Waals surface area contributed by atoms with Crippen molar-refractivity contribution >= 4 is 17.6 Å². The fourth-order valence-electron chi connectivity index (χ4n) is 2.57. The summed E-state index contributed by atoms with van der Waals surface area (Å²) in [5.41, 5.74) is 2.01. The highest BCUT2D eigenvalue weighted by molar-refractivity contribution is 6.31. The zero-order valence-electron chi connectivity index (χ0n) is 12.0. The van der Waals surface area contributed by atoms with Crippen molar-refractivity contribution in [2.75, 3.05) is 33.2 Å². The number of nitrogens with zero attached hydrogens (tertiary/aromatic N) is 2. The van der Waals surface area contributed by atoms with Gasteiger partial charge in [0.1, 0.15) is 0 Å². The molecule has 1 aromatic rings. The summed E-state index contributed by atoms with van der Waals surface area (Å²) in [6.45, 7) is 5.67. The molecule has 0 saturated carbocycles. The molecule has 1 aromatic carbocycles. The zero-order valence-corrected chi connectivity index (χ0v) is 12.7. The molecule has 0 radical (unpaired) electrons. The van der Waals surface area contributed by atoms with Gasteiger partial charge in [-0.3, -0.25) is 9.69 Å². The largest absolute Gasteiger partial charge is 0.481 e. The fourth-order valence-corrected chi connectivity index (χ4v) is 2.76. The summed E-state index contributed by atoms with van der Waals surface area (Å²) in [5.74, 6) is -0.773. The van der Waals surface area contributed by atoms with Gasteiger partial charge in [0, 0.05) is 37.2 Å². The van der Waals surface area contributed by atoms with Crippen LogP contribution < -0.4 is 0 Å². The van der Waals surface area contributed by atoms with Crippen LogP contribution in [0.25, 0.3) is 0 Å². The number of halogens is 1. The third kappa shape index (κ3) is 3.72. The molecule has 0 aromatic heterocycles. The Bertz CT molecular complexity index is 485. The second-order valence-electron chi connectivity index (χ2n) is 5.46. The first-order chi connectivity index (χ1) is 9.47. The van der Waals surface area contributed by atoms with Gasteiger partial charge in [0.2, 0.25) is 0 Å². The number of benzene rings is 1. The maximum atomic E-state index is 11.2. The predicted octanol–water partition coefficient (Wildman–Crippen LogP) is 2.41. The van der Waals surface area contributed by atoms with E-state index in [1.807, 2.05) is 25.1 Å². The van der Waals surface area contributed by atoms with E-state index < -0.39 is 5.97 Å². The van der Waals surface area contributed by atoms with E-state index in [1.165, 1.54) is 0 Å². The van der Waals surface area contributed by atoms with E-state index in [0.717, 1.165) is 37.3 Å². The molecule has 1 unspecified atom stereocenters. The van der Waals surface area contributed by atoms with Crippen LogP contribution in [0.4, 0.5) is 0 Å². The molecule has 5 heteroatoms. The van der Waals surface area contributed by atoms with Gasteiger partial charge in [0.25, 0.3) is 0 Å². The predicted molar refractivity (Wildman–Crippen MR) is 80.3 cm³/mol. The number of carboxylic acid groups (broad SMARTS) is 1. The zero-order chi connectivity index (χ0) is 14.7. The minimum absolute atomic E-state index is 0.0979. The monoisotopic (exact) mass is 296 g/mol. The van der Waals surface area contributed by atoms with Crippen LogP contribution in [-0.4, -0.2) is 54.1 Å². The minimum atomic E-state index is -0.773. The van der Waals surface area contributed by atoms with Crippen LogP contribution in [0.5, 0.6) is 0 Å². The first-order valence-corrected chi connectivity index (χ1v) is 7.25. The van der Waals surface area contributed by atoms with Gasteiger partial charge in [-0.2, -0.15) is 0 Å². The first-order valence-electron chi connectivity index (χ1n) is 6.88. The number of aryl methyl sites for hydroxylation is 1. The smallest absolute Gasteiger partial charge is 0.305 e. The van der Waals surface area contributed by atoms with Crippen LogP contribution in [-0.2, 0) is 4.79 Å². The van der Waals surface area contributed by atoms with Crippen LogP contribution in [0.3, 0.4) is 0 Å². The molecule has 20 heavy (non-hydrogen) atoms. The summed E-state index contributed by atoms with van der Waals surface area (Å²) in [7, 11) is 2.09. The molecule has 4 nitrogen and oxygen atoms in total. The highest BCUT2D eigenvalue weighted by atomic mass is 35.5. The average molecular weight is 297 g/mol. The molecule has 2 rings (SSSR count). The van der Waals surface area contributed by atoms with E-state index >= 15 is 0 Å². The highest BCUT2D eigenvalue weighted by Crippen LogP contribution is 2.28. The number of aliphatic carboxylic acids is 1. The Hall–Kier alpha value is -1.10. The van der Waals surface area contributed by atoms with Gasteiger partial charge in [-0.15, -0.1) is 0 Å². The third-order valence-electron chi connectivity index (χ3n) is 3.93. The van der Waals surface area contributed by atoms with Crippen LogP contribution in [0, 0.1) is 6.92 Å². The lowest BCUT2D eigenvalue weighted by molar-refractivity contribution is -0.138. The van der Waals surface area contributed by atoms with Gasteiger partial charge in [-0.05, 0) is 31.2 Å². The maximum Gasteiger partial charge on any atom is 0.305 e. The SMILES string of the molecule is Cc1ccc(C(CC(=O)O)N2CCN(C)CC2)cc1Cl. The number of rotatable bonds is 4.